The lowest BCUT2D eigenvalue weighted by Crippen LogP contribution is -1.89. The Labute approximate surface area is 37.0 Å². The molecule has 1 rings (SSSR count). The van der Waals surface area contributed by atoms with Gasteiger partial charge in [-0.05, 0) is 6.08 Å². The first-order valence-electron chi connectivity index (χ1n) is 1.27. The lowest BCUT2D eigenvalue weighted by molar-refractivity contribution is 0.243. The van der Waals surface area contributed by atoms with Crippen LogP contribution in [-0.4, -0.2) is 6.61 Å². The first-order chi connectivity index (χ1) is 2.00. The van der Waals surface area contributed by atoms with Gasteiger partial charge in [0, 0.05) is 0 Å². The zero-order valence-corrected chi connectivity index (χ0v) is 3.49. The Balaban J connectivity index is 0.000000160. The Bertz CT molecular complexity index is 36.2. The predicted molar refractivity (Wildman–Crippen MR) is 22.3 cm³/mol. The van der Waals surface area contributed by atoms with Crippen LogP contribution >= 0.6 is 12.4 Å². The Morgan fingerprint density at radius 1 is 1.60 bits per heavy atom. The SMILES string of the molecule is C1=COC1.Cl. The predicted octanol–water partition coefficient (Wildman–Crippen LogP) is 0.952. The molecule has 0 saturated heterocycles. The summed E-state index contributed by atoms with van der Waals surface area (Å²) in [5.74, 6) is 0. The summed E-state index contributed by atoms with van der Waals surface area (Å²) >= 11 is 0. The molecule has 0 aliphatic carbocycles. The van der Waals surface area contributed by atoms with Crippen LogP contribution in [0.1, 0.15) is 0 Å². The van der Waals surface area contributed by atoms with Crippen LogP contribution in [0.3, 0.4) is 0 Å². The van der Waals surface area contributed by atoms with Crippen LogP contribution in [0.4, 0.5) is 0 Å². The molecule has 5 heavy (non-hydrogen) atoms. The van der Waals surface area contributed by atoms with E-state index in [0.29, 0.717) is 0 Å². The number of rotatable bonds is 0. The van der Waals surface area contributed by atoms with Crippen molar-refractivity contribution >= 4 is 12.4 Å². The third-order valence-electron chi connectivity index (χ3n) is 0.385. The molecular formula is C3H5ClO. The van der Waals surface area contributed by atoms with Gasteiger partial charge < -0.3 is 4.74 Å². The van der Waals surface area contributed by atoms with E-state index in [-0.39, 0.29) is 12.4 Å². The number of hydrogen-bond donors (Lipinski definition) is 0. The number of ether oxygens (including phenoxy) is 1. The first-order valence-corrected chi connectivity index (χ1v) is 1.27. The summed E-state index contributed by atoms with van der Waals surface area (Å²) in [6, 6.07) is 0. The molecule has 30 valence electrons. The van der Waals surface area contributed by atoms with Crippen molar-refractivity contribution in [2.75, 3.05) is 6.61 Å². The smallest absolute Gasteiger partial charge is 0.109 e. The Morgan fingerprint density at radius 3 is 1.80 bits per heavy atom. The highest BCUT2D eigenvalue weighted by molar-refractivity contribution is 5.85. The van der Waals surface area contributed by atoms with Gasteiger partial charge in [0.25, 0.3) is 0 Å². The lowest BCUT2D eigenvalue weighted by Gasteiger charge is -1.99. The van der Waals surface area contributed by atoms with Gasteiger partial charge in [0.2, 0.25) is 0 Å². The van der Waals surface area contributed by atoms with E-state index >= 15 is 0 Å². The van der Waals surface area contributed by atoms with Gasteiger partial charge in [0.1, 0.15) is 6.61 Å². The Hall–Kier alpha value is -0.170. The van der Waals surface area contributed by atoms with E-state index in [1.165, 1.54) is 0 Å². The number of halogens is 1. The highest BCUT2D eigenvalue weighted by Gasteiger charge is 1.79. The van der Waals surface area contributed by atoms with Crippen LogP contribution in [0.2, 0.25) is 0 Å². The second-order valence-corrected chi connectivity index (χ2v) is 0.705. The van der Waals surface area contributed by atoms with Crippen LogP contribution in [0, 0.1) is 0 Å². The van der Waals surface area contributed by atoms with Crippen molar-refractivity contribution in [3.05, 3.63) is 12.3 Å². The van der Waals surface area contributed by atoms with Crippen molar-refractivity contribution in [1.82, 2.24) is 0 Å². The summed E-state index contributed by atoms with van der Waals surface area (Å²) in [6.45, 7) is 0.819. The maximum Gasteiger partial charge on any atom is 0.109 e. The Kier molecular flexibility index (Phi) is 2.02. The maximum atomic E-state index is 4.54. The summed E-state index contributed by atoms with van der Waals surface area (Å²) in [5.41, 5.74) is 0. The number of hydrogen-bond acceptors (Lipinski definition) is 1. The molecule has 0 bridgehead atoms. The van der Waals surface area contributed by atoms with Crippen LogP contribution in [0.15, 0.2) is 12.3 Å². The van der Waals surface area contributed by atoms with E-state index < -0.39 is 0 Å². The molecule has 0 fully saturated rings. The van der Waals surface area contributed by atoms with Gasteiger partial charge in [-0.2, -0.15) is 0 Å². The third-order valence-corrected chi connectivity index (χ3v) is 0.385. The van der Waals surface area contributed by atoms with Crippen LogP contribution in [0.25, 0.3) is 0 Å². The molecule has 0 aromatic rings. The highest BCUT2D eigenvalue weighted by atomic mass is 35.5. The molecule has 0 atom stereocenters. The summed E-state index contributed by atoms with van der Waals surface area (Å²) in [4.78, 5) is 0. The first kappa shape index (κ1) is 4.83. The Morgan fingerprint density at radius 2 is 1.80 bits per heavy atom. The molecule has 1 aliphatic rings. The average Bonchev–Trinajstić information content (AvgIpc) is 0.722. The van der Waals surface area contributed by atoms with Gasteiger partial charge in [-0.25, -0.2) is 0 Å². The van der Waals surface area contributed by atoms with Crippen molar-refractivity contribution < 1.29 is 4.74 Å². The van der Waals surface area contributed by atoms with Crippen molar-refractivity contribution in [3.63, 3.8) is 0 Å². The molecule has 1 heterocycles. The molecule has 0 aromatic heterocycles. The van der Waals surface area contributed by atoms with E-state index in [1.807, 2.05) is 6.08 Å². The van der Waals surface area contributed by atoms with E-state index in [0.717, 1.165) is 6.61 Å². The van der Waals surface area contributed by atoms with Crippen molar-refractivity contribution in [1.29, 1.82) is 0 Å². The van der Waals surface area contributed by atoms with Gasteiger partial charge in [-0.15, -0.1) is 12.4 Å². The molecule has 0 spiro atoms. The molecule has 2 heteroatoms. The van der Waals surface area contributed by atoms with Gasteiger partial charge in [0.15, 0.2) is 0 Å². The van der Waals surface area contributed by atoms with E-state index in [4.69, 9.17) is 0 Å². The largest absolute Gasteiger partial charge is 0.497 e. The van der Waals surface area contributed by atoms with Crippen LogP contribution < -0.4 is 0 Å². The lowest BCUT2D eigenvalue weighted by atomic mass is 10.6. The van der Waals surface area contributed by atoms with Crippen LogP contribution in [0.5, 0.6) is 0 Å². The second kappa shape index (κ2) is 2.09. The monoisotopic (exact) mass is 92.0 g/mol. The normalized spacial score (nSPS) is 14.4. The molecule has 1 aliphatic heterocycles. The minimum Gasteiger partial charge on any atom is -0.497 e. The van der Waals surface area contributed by atoms with Crippen molar-refractivity contribution in [2.45, 2.75) is 0 Å². The highest BCUT2D eigenvalue weighted by Crippen LogP contribution is 1.87. The molecular weight excluding hydrogens is 87.5 g/mol. The summed E-state index contributed by atoms with van der Waals surface area (Å²) in [7, 11) is 0. The fourth-order valence-electron chi connectivity index (χ4n) is 0.0962. The summed E-state index contributed by atoms with van der Waals surface area (Å²) in [5, 5.41) is 0. The standard InChI is InChI=1S/C3H4O.ClH/c1-2-4-3-1;/h1-2H,3H2;1H. The molecule has 0 unspecified atom stereocenters. The van der Waals surface area contributed by atoms with Gasteiger partial charge in [-0.1, -0.05) is 0 Å². The van der Waals surface area contributed by atoms with Gasteiger partial charge >= 0.3 is 0 Å². The fraction of sp³-hybridized carbons (Fsp3) is 0.333. The van der Waals surface area contributed by atoms with E-state index in [2.05, 4.69) is 4.74 Å². The molecule has 0 aromatic carbocycles. The zero-order chi connectivity index (χ0) is 2.83. The van der Waals surface area contributed by atoms with E-state index in [1.54, 1.807) is 6.26 Å². The average molecular weight is 92.5 g/mol. The summed E-state index contributed by atoms with van der Waals surface area (Å²) < 4.78 is 4.54. The molecule has 0 saturated carbocycles. The topological polar surface area (TPSA) is 9.23 Å². The molecule has 1 nitrogen and oxygen atoms in total. The van der Waals surface area contributed by atoms with Crippen molar-refractivity contribution in [2.24, 2.45) is 0 Å². The molecule has 0 amide bonds. The van der Waals surface area contributed by atoms with E-state index in [9.17, 15) is 0 Å². The third kappa shape index (κ3) is 0.874. The minimum atomic E-state index is 0. The molecule has 0 N–H and O–H groups in total. The zero-order valence-electron chi connectivity index (χ0n) is 2.68. The maximum absolute atomic E-state index is 4.54. The minimum absolute atomic E-state index is 0. The quantitative estimate of drug-likeness (QED) is 0.432. The van der Waals surface area contributed by atoms with Gasteiger partial charge in [-0.3, -0.25) is 0 Å². The van der Waals surface area contributed by atoms with Gasteiger partial charge in [0.05, 0.1) is 6.26 Å². The summed E-state index contributed by atoms with van der Waals surface area (Å²) in [6.07, 6.45) is 3.64. The molecule has 0 radical (unpaired) electrons. The van der Waals surface area contributed by atoms with Crippen molar-refractivity contribution in [3.8, 4) is 0 Å². The second-order valence-electron chi connectivity index (χ2n) is 0.705. The fourth-order valence-corrected chi connectivity index (χ4v) is 0.0962. The van der Waals surface area contributed by atoms with Crippen LogP contribution in [-0.2, 0) is 4.74 Å².